The maximum atomic E-state index is 12.1. The van der Waals surface area contributed by atoms with Gasteiger partial charge in [-0.25, -0.2) is 0 Å². The van der Waals surface area contributed by atoms with Crippen molar-refractivity contribution in [3.63, 3.8) is 0 Å². The number of carbonyl (C=O) groups excluding carboxylic acids is 2. The Bertz CT molecular complexity index is 1040. The Morgan fingerprint density at radius 2 is 1.68 bits per heavy atom. The first-order valence-corrected chi connectivity index (χ1v) is 9.21. The van der Waals surface area contributed by atoms with Crippen molar-refractivity contribution in [1.29, 1.82) is 0 Å². The average molecular weight is 378 g/mol. The predicted molar refractivity (Wildman–Crippen MR) is 106 cm³/mol. The van der Waals surface area contributed by atoms with Crippen LogP contribution < -0.4 is 5.32 Å². The standard InChI is InChI=1S/C22H22N2O4/c1-27-19(25)11-15-13-7-3-5-9-17(13)23-21(15)22-16(12-20(26)28-2)14-8-4-6-10-18(14)24-22/h3-10,15,21,23-24H,11-12H2,1-2H3/t15-,21-/m0/s1. The van der Waals surface area contributed by atoms with Gasteiger partial charge in [0.2, 0.25) is 0 Å². The zero-order valence-corrected chi connectivity index (χ0v) is 15.8. The summed E-state index contributed by atoms with van der Waals surface area (Å²) in [6.45, 7) is 0. The number of H-pyrrole nitrogens is 1. The van der Waals surface area contributed by atoms with Gasteiger partial charge in [-0.2, -0.15) is 0 Å². The maximum Gasteiger partial charge on any atom is 0.310 e. The van der Waals surface area contributed by atoms with Crippen LogP contribution in [-0.2, 0) is 25.5 Å². The summed E-state index contributed by atoms with van der Waals surface area (Å²) in [5.41, 5.74) is 4.80. The molecular weight excluding hydrogens is 356 g/mol. The molecule has 0 saturated heterocycles. The van der Waals surface area contributed by atoms with E-state index in [-0.39, 0.29) is 36.7 Å². The molecule has 2 heterocycles. The van der Waals surface area contributed by atoms with Crippen LogP contribution in [0.4, 0.5) is 5.69 Å². The first kappa shape index (κ1) is 18.1. The fraction of sp³-hybridized carbons (Fsp3) is 0.273. The quantitative estimate of drug-likeness (QED) is 0.662. The molecule has 6 nitrogen and oxygen atoms in total. The van der Waals surface area contributed by atoms with Crippen molar-refractivity contribution in [3.8, 4) is 0 Å². The third kappa shape index (κ3) is 3.11. The van der Waals surface area contributed by atoms with E-state index in [4.69, 9.17) is 9.47 Å². The van der Waals surface area contributed by atoms with Gasteiger partial charge in [-0.15, -0.1) is 0 Å². The van der Waals surface area contributed by atoms with E-state index in [2.05, 4.69) is 10.3 Å². The number of methoxy groups -OCH3 is 2. The minimum atomic E-state index is -0.300. The van der Waals surface area contributed by atoms with Crippen LogP contribution in [-0.4, -0.2) is 31.1 Å². The number of benzene rings is 2. The van der Waals surface area contributed by atoms with Crippen molar-refractivity contribution in [2.45, 2.75) is 24.8 Å². The highest BCUT2D eigenvalue weighted by Crippen LogP contribution is 2.47. The van der Waals surface area contributed by atoms with Crippen LogP contribution in [0, 0.1) is 0 Å². The van der Waals surface area contributed by atoms with Crippen LogP contribution in [0.3, 0.4) is 0 Å². The number of rotatable bonds is 5. The molecule has 0 aliphatic carbocycles. The minimum Gasteiger partial charge on any atom is -0.469 e. The highest BCUT2D eigenvalue weighted by molar-refractivity contribution is 5.89. The van der Waals surface area contributed by atoms with Gasteiger partial charge in [0.1, 0.15) is 0 Å². The number of hydrogen-bond acceptors (Lipinski definition) is 5. The van der Waals surface area contributed by atoms with E-state index in [1.165, 1.54) is 14.2 Å². The Kier molecular flexibility index (Phi) is 4.77. The van der Waals surface area contributed by atoms with Crippen molar-refractivity contribution in [2.24, 2.45) is 0 Å². The molecule has 4 rings (SSSR count). The van der Waals surface area contributed by atoms with Gasteiger partial charge < -0.3 is 19.8 Å². The minimum absolute atomic E-state index is 0.104. The summed E-state index contributed by atoms with van der Waals surface area (Å²) in [6, 6.07) is 15.7. The second-order valence-corrected chi connectivity index (χ2v) is 6.91. The average Bonchev–Trinajstić information content (AvgIpc) is 3.26. The van der Waals surface area contributed by atoms with E-state index >= 15 is 0 Å². The number of ether oxygens (including phenoxy) is 2. The molecule has 0 amide bonds. The Hall–Kier alpha value is -3.28. The van der Waals surface area contributed by atoms with E-state index < -0.39 is 0 Å². The first-order chi connectivity index (χ1) is 13.6. The molecule has 0 bridgehead atoms. The monoisotopic (exact) mass is 378 g/mol. The van der Waals surface area contributed by atoms with Crippen LogP contribution in [0.1, 0.15) is 35.2 Å². The first-order valence-electron chi connectivity index (χ1n) is 9.21. The molecule has 1 aliphatic heterocycles. The van der Waals surface area contributed by atoms with Gasteiger partial charge in [-0.1, -0.05) is 36.4 Å². The second kappa shape index (κ2) is 7.38. The summed E-state index contributed by atoms with van der Waals surface area (Å²) in [4.78, 5) is 27.7. The highest BCUT2D eigenvalue weighted by Gasteiger charge is 2.37. The molecule has 1 aromatic heterocycles. The summed E-state index contributed by atoms with van der Waals surface area (Å²) in [5, 5.41) is 4.52. The molecular formula is C22H22N2O4. The molecule has 3 aromatic rings. The lowest BCUT2D eigenvalue weighted by molar-refractivity contribution is -0.141. The second-order valence-electron chi connectivity index (χ2n) is 6.91. The van der Waals surface area contributed by atoms with Gasteiger partial charge in [0, 0.05) is 28.2 Å². The third-order valence-corrected chi connectivity index (χ3v) is 5.39. The Labute approximate surface area is 162 Å². The van der Waals surface area contributed by atoms with Gasteiger partial charge >= 0.3 is 11.9 Å². The van der Waals surface area contributed by atoms with Crippen LogP contribution in [0.2, 0.25) is 0 Å². The van der Waals surface area contributed by atoms with Gasteiger partial charge in [0.15, 0.2) is 0 Å². The van der Waals surface area contributed by atoms with Gasteiger partial charge in [0.05, 0.1) is 33.1 Å². The molecule has 0 radical (unpaired) electrons. The van der Waals surface area contributed by atoms with E-state index in [1.54, 1.807) is 0 Å². The largest absolute Gasteiger partial charge is 0.469 e. The number of fused-ring (bicyclic) bond motifs is 2. The molecule has 2 atom stereocenters. The lowest BCUT2D eigenvalue weighted by atomic mass is 9.88. The van der Waals surface area contributed by atoms with Crippen molar-refractivity contribution in [2.75, 3.05) is 19.5 Å². The number of nitrogens with one attached hydrogen (secondary N) is 2. The summed E-state index contributed by atoms with van der Waals surface area (Å²) in [5.74, 6) is -0.668. The van der Waals surface area contributed by atoms with E-state index in [0.29, 0.717) is 0 Å². The fourth-order valence-electron chi connectivity index (χ4n) is 4.06. The molecule has 0 saturated carbocycles. The Morgan fingerprint density at radius 3 is 2.46 bits per heavy atom. The van der Waals surface area contributed by atoms with E-state index in [1.807, 2.05) is 48.5 Å². The van der Waals surface area contributed by atoms with E-state index in [0.717, 1.165) is 33.4 Å². The lowest BCUT2D eigenvalue weighted by Gasteiger charge is -2.20. The highest BCUT2D eigenvalue weighted by atomic mass is 16.5. The normalized spacial score (nSPS) is 17.8. The number of aromatic amines is 1. The maximum absolute atomic E-state index is 12.1. The van der Waals surface area contributed by atoms with Crippen molar-refractivity contribution >= 4 is 28.5 Å². The SMILES string of the molecule is COC(=O)Cc1c([C@H]2Nc3ccccc3[C@@H]2CC(=O)OC)[nH]c2ccccc12. The molecule has 0 unspecified atom stereocenters. The Balaban J connectivity index is 1.82. The zero-order valence-electron chi connectivity index (χ0n) is 15.8. The van der Waals surface area contributed by atoms with Crippen LogP contribution in [0.5, 0.6) is 0 Å². The van der Waals surface area contributed by atoms with Crippen molar-refractivity contribution in [3.05, 3.63) is 65.4 Å². The molecule has 0 spiro atoms. The summed E-state index contributed by atoms with van der Waals surface area (Å²) in [6.07, 6.45) is 0.410. The number of carbonyl (C=O) groups is 2. The molecule has 1 aliphatic rings. The van der Waals surface area contributed by atoms with Gasteiger partial charge in [0.25, 0.3) is 0 Å². The van der Waals surface area contributed by atoms with Crippen LogP contribution in [0.25, 0.3) is 10.9 Å². The molecule has 2 aromatic carbocycles. The van der Waals surface area contributed by atoms with Crippen molar-refractivity contribution in [1.82, 2.24) is 4.98 Å². The zero-order chi connectivity index (χ0) is 19.7. The predicted octanol–water partition coefficient (Wildman–Crippen LogP) is 3.70. The fourth-order valence-corrected chi connectivity index (χ4v) is 4.06. The molecule has 28 heavy (non-hydrogen) atoms. The number of para-hydroxylation sites is 2. The number of aromatic nitrogens is 1. The molecule has 144 valence electrons. The van der Waals surface area contributed by atoms with Crippen LogP contribution >= 0.6 is 0 Å². The molecule has 6 heteroatoms. The smallest absolute Gasteiger partial charge is 0.310 e. The van der Waals surface area contributed by atoms with E-state index in [9.17, 15) is 9.59 Å². The van der Waals surface area contributed by atoms with Crippen LogP contribution in [0.15, 0.2) is 48.5 Å². The lowest BCUT2D eigenvalue weighted by Crippen LogP contribution is -2.18. The van der Waals surface area contributed by atoms with Gasteiger partial charge in [-0.3, -0.25) is 9.59 Å². The van der Waals surface area contributed by atoms with Crippen molar-refractivity contribution < 1.29 is 19.1 Å². The third-order valence-electron chi connectivity index (χ3n) is 5.39. The molecule has 0 fully saturated rings. The number of hydrogen-bond donors (Lipinski definition) is 2. The summed E-state index contributed by atoms with van der Waals surface area (Å²) < 4.78 is 9.84. The Morgan fingerprint density at radius 1 is 0.964 bits per heavy atom. The topological polar surface area (TPSA) is 80.4 Å². The van der Waals surface area contributed by atoms with Gasteiger partial charge in [-0.05, 0) is 23.3 Å². The summed E-state index contributed by atoms with van der Waals surface area (Å²) >= 11 is 0. The summed E-state index contributed by atoms with van der Waals surface area (Å²) in [7, 11) is 2.79. The number of anilines is 1. The number of esters is 2. The molecule has 2 N–H and O–H groups in total.